The van der Waals surface area contributed by atoms with E-state index in [0.29, 0.717) is 10.8 Å². The van der Waals surface area contributed by atoms with Gasteiger partial charge in [0, 0.05) is 18.1 Å². The average Bonchev–Trinajstić information content (AvgIpc) is 3.10. The van der Waals surface area contributed by atoms with Crippen molar-refractivity contribution in [2.45, 2.75) is 6.42 Å². The zero-order valence-electron chi connectivity index (χ0n) is 14.1. The Balaban J connectivity index is 1.76. The van der Waals surface area contributed by atoms with Crippen molar-refractivity contribution in [2.24, 2.45) is 9.98 Å². The van der Waals surface area contributed by atoms with Crippen molar-refractivity contribution < 1.29 is 9.53 Å². The van der Waals surface area contributed by atoms with Gasteiger partial charge in [0.1, 0.15) is 5.84 Å². The maximum Gasteiger partial charge on any atom is 0.316 e. The number of halogens is 1. The van der Waals surface area contributed by atoms with Crippen molar-refractivity contribution in [3.8, 4) is 5.69 Å². The molecule has 0 atom stereocenters. The molecule has 2 aliphatic heterocycles. The number of esters is 1. The largest absolute Gasteiger partial charge is 0.468 e. The lowest BCUT2D eigenvalue weighted by Crippen LogP contribution is -2.42. The van der Waals surface area contributed by atoms with E-state index in [1.165, 1.54) is 18.9 Å². The van der Waals surface area contributed by atoms with E-state index in [1.54, 1.807) is 10.9 Å². The summed E-state index contributed by atoms with van der Waals surface area (Å²) >= 11 is 7.33. The molecule has 2 aromatic rings. The maximum absolute atomic E-state index is 11.6. The van der Waals surface area contributed by atoms with Gasteiger partial charge in [-0.2, -0.15) is 5.10 Å². The van der Waals surface area contributed by atoms with Gasteiger partial charge >= 0.3 is 5.97 Å². The Morgan fingerprint density at radius 3 is 2.92 bits per heavy atom. The van der Waals surface area contributed by atoms with Crippen LogP contribution in [-0.2, 0) is 9.53 Å². The molecule has 2 aliphatic rings. The maximum atomic E-state index is 11.6. The number of hydrogen-bond donors (Lipinski definition) is 0. The number of methoxy groups -OCH3 is 1. The highest BCUT2D eigenvalue weighted by Crippen LogP contribution is 2.33. The van der Waals surface area contributed by atoms with E-state index in [4.69, 9.17) is 21.3 Å². The minimum Gasteiger partial charge on any atom is -0.468 e. The molecule has 0 unspecified atom stereocenters. The topological polar surface area (TPSA) is 72.1 Å². The molecule has 0 bridgehead atoms. The van der Waals surface area contributed by atoms with Crippen LogP contribution in [0.3, 0.4) is 0 Å². The molecule has 0 radical (unpaired) electrons. The number of carbonyl (C=O) groups is 1. The second-order valence-electron chi connectivity index (χ2n) is 5.74. The molecule has 0 amide bonds. The Kier molecular flexibility index (Phi) is 4.69. The first-order valence-electron chi connectivity index (χ1n) is 8.12. The van der Waals surface area contributed by atoms with E-state index < -0.39 is 0 Å². The Bertz CT molecular complexity index is 906. The third-order valence-electron chi connectivity index (χ3n) is 4.09. The van der Waals surface area contributed by atoms with Crippen molar-refractivity contribution in [3.05, 3.63) is 41.0 Å². The molecule has 0 fully saturated rings. The SMILES string of the molecule is COC(=O)CSC1=Nc2c(cnn2-c2ccc(Cl)cc2)C2=NCCCN12. The monoisotopic (exact) mass is 389 g/mol. The quantitative estimate of drug-likeness (QED) is 0.755. The number of ether oxygens (including phenoxy) is 1. The van der Waals surface area contributed by atoms with Crippen LogP contribution in [0.2, 0.25) is 5.02 Å². The van der Waals surface area contributed by atoms with E-state index in [1.807, 2.05) is 29.2 Å². The van der Waals surface area contributed by atoms with E-state index in [-0.39, 0.29) is 11.7 Å². The molecule has 0 saturated heterocycles. The first-order chi connectivity index (χ1) is 12.7. The normalized spacial score (nSPS) is 15.7. The molecule has 0 spiro atoms. The van der Waals surface area contributed by atoms with Crippen molar-refractivity contribution in [3.63, 3.8) is 0 Å². The summed E-state index contributed by atoms with van der Waals surface area (Å²) in [4.78, 5) is 23.1. The van der Waals surface area contributed by atoms with Gasteiger partial charge in [-0.15, -0.1) is 0 Å². The van der Waals surface area contributed by atoms with Crippen LogP contribution in [0.25, 0.3) is 5.69 Å². The number of thioether (sulfide) groups is 1. The fraction of sp³-hybridized carbons (Fsp3) is 0.294. The number of carbonyl (C=O) groups excluding carboxylic acids is 1. The van der Waals surface area contributed by atoms with Gasteiger partial charge in [-0.3, -0.25) is 9.79 Å². The second-order valence-corrected chi connectivity index (χ2v) is 7.12. The van der Waals surface area contributed by atoms with E-state index in [2.05, 4.69) is 10.1 Å². The Morgan fingerprint density at radius 1 is 1.35 bits per heavy atom. The van der Waals surface area contributed by atoms with Gasteiger partial charge in [0.2, 0.25) is 0 Å². The molecule has 9 heteroatoms. The van der Waals surface area contributed by atoms with Gasteiger partial charge in [0.05, 0.1) is 30.3 Å². The van der Waals surface area contributed by atoms with Gasteiger partial charge in [0.15, 0.2) is 11.0 Å². The summed E-state index contributed by atoms with van der Waals surface area (Å²) in [6.45, 7) is 1.59. The Morgan fingerprint density at radius 2 is 2.15 bits per heavy atom. The Hall–Kier alpha value is -2.32. The van der Waals surface area contributed by atoms with Crippen LogP contribution in [0, 0.1) is 0 Å². The molecule has 0 aliphatic carbocycles. The highest BCUT2D eigenvalue weighted by Gasteiger charge is 2.31. The summed E-state index contributed by atoms with van der Waals surface area (Å²) in [6.07, 6.45) is 2.73. The van der Waals surface area contributed by atoms with Crippen LogP contribution in [0.5, 0.6) is 0 Å². The molecular formula is C17H16ClN5O2S. The number of hydrogen-bond acceptors (Lipinski definition) is 7. The van der Waals surface area contributed by atoms with Gasteiger partial charge in [0.25, 0.3) is 0 Å². The molecule has 1 aromatic carbocycles. The van der Waals surface area contributed by atoms with Crippen molar-refractivity contribution in [1.29, 1.82) is 0 Å². The molecule has 0 N–H and O–H groups in total. The third-order valence-corrected chi connectivity index (χ3v) is 5.29. The van der Waals surface area contributed by atoms with Crippen LogP contribution in [0.15, 0.2) is 40.4 Å². The first-order valence-corrected chi connectivity index (χ1v) is 9.48. The second kappa shape index (κ2) is 7.13. The van der Waals surface area contributed by atoms with Crippen LogP contribution < -0.4 is 0 Å². The molecule has 1 aromatic heterocycles. The predicted octanol–water partition coefficient (Wildman–Crippen LogP) is 2.89. The summed E-state index contributed by atoms with van der Waals surface area (Å²) < 4.78 is 6.51. The lowest BCUT2D eigenvalue weighted by molar-refractivity contribution is -0.137. The zero-order valence-corrected chi connectivity index (χ0v) is 15.6. The summed E-state index contributed by atoms with van der Waals surface area (Å²) in [5.74, 6) is 1.47. The molecule has 3 heterocycles. The number of aromatic nitrogens is 2. The van der Waals surface area contributed by atoms with Crippen molar-refractivity contribution in [1.82, 2.24) is 14.7 Å². The van der Waals surface area contributed by atoms with Gasteiger partial charge < -0.3 is 9.64 Å². The molecule has 7 nitrogen and oxygen atoms in total. The van der Waals surface area contributed by atoms with E-state index in [0.717, 1.165) is 41.8 Å². The van der Waals surface area contributed by atoms with Crippen LogP contribution in [0.1, 0.15) is 12.0 Å². The summed E-state index contributed by atoms with van der Waals surface area (Å²) in [6, 6.07) is 7.41. The third kappa shape index (κ3) is 3.10. The van der Waals surface area contributed by atoms with Crippen LogP contribution >= 0.6 is 23.4 Å². The highest BCUT2D eigenvalue weighted by molar-refractivity contribution is 8.14. The minimum absolute atomic E-state index is 0.198. The average molecular weight is 390 g/mol. The molecule has 26 heavy (non-hydrogen) atoms. The fourth-order valence-corrected chi connectivity index (χ4v) is 3.82. The number of aliphatic imine (C=N–C) groups is 2. The van der Waals surface area contributed by atoms with Gasteiger partial charge in [-0.05, 0) is 30.7 Å². The lowest BCUT2D eigenvalue weighted by atomic mass is 10.2. The number of amidine groups is 2. The van der Waals surface area contributed by atoms with E-state index >= 15 is 0 Å². The smallest absolute Gasteiger partial charge is 0.316 e. The Labute approximate surface area is 159 Å². The van der Waals surface area contributed by atoms with Gasteiger partial charge in [-0.1, -0.05) is 23.4 Å². The molecule has 4 rings (SSSR count). The number of rotatable bonds is 3. The van der Waals surface area contributed by atoms with Crippen LogP contribution in [-0.4, -0.2) is 57.6 Å². The minimum atomic E-state index is -0.287. The van der Waals surface area contributed by atoms with Crippen LogP contribution in [0.4, 0.5) is 5.82 Å². The summed E-state index contributed by atoms with van der Waals surface area (Å²) in [7, 11) is 1.38. The molecule has 0 saturated carbocycles. The zero-order chi connectivity index (χ0) is 18.1. The fourth-order valence-electron chi connectivity index (χ4n) is 2.84. The standard InChI is InChI=1S/C17H16ClN5O2S/c1-25-14(24)10-26-17-21-16-13(15-19-7-2-8-22(15)17)9-20-23(16)12-5-3-11(18)4-6-12/h3-6,9H,2,7-8,10H2,1H3. The lowest BCUT2D eigenvalue weighted by Gasteiger charge is -2.32. The number of benzene rings is 1. The van der Waals surface area contributed by atoms with E-state index in [9.17, 15) is 4.79 Å². The number of fused-ring (bicyclic) bond motifs is 3. The highest BCUT2D eigenvalue weighted by atomic mass is 35.5. The van der Waals surface area contributed by atoms with Crippen molar-refractivity contribution in [2.75, 3.05) is 26.0 Å². The van der Waals surface area contributed by atoms with Crippen molar-refractivity contribution >= 4 is 46.2 Å². The molecular weight excluding hydrogens is 374 g/mol. The number of nitrogens with zero attached hydrogens (tertiary/aromatic N) is 5. The summed E-state index contributed by atoms with van der Waals surface area (Å²) in [5, 5.41) is 5.89. The molecule has 134 valence electrons. The van der Waals surface area contributed by atoms with Gasteiger partial charge in [-0.25, -0.2) is 9.67 Å². The summed E-state index contributed by atoms with van der Waals surface area (Å²) in [5.41, 5.74) is 1.75. The first kappa shape index (κ1) is 17.1. The predicted molar refractivity (Wildman–Crippen MR) is 103 cm³/mol.